The molecule has 206 valence electrons. The number of rotatable bonds is 10. The van der Waals surface area contributed by atoms with Crippen molar-refractivity contribution in [2.45, 2.75) is 112 Å². The van der Waals surface area contributed by atoms with Crippen LogP contribution in [0, 0.1) is 11.3 Å². The molecule has 3 fully saturated rings. The van der Waals surface area contributed by atoms with Gasteiger partial charge in [-0.25, -0.2) is 8.78 Å². The van der Waals surface area contributed by atoms with E-state index in [1.54, 1.807) is 4.90 Å². The minimum absolute atomic E-state index is 0.0714. The van der Waals surface area contributed by atoms with E-state index in [2.05, 4.69) is 37.5 Å². The second kappa shape index (κ2) is 18.0. The molecule has 1 saturated carbocycles. The monoisotopic (exact) mass is 491 g/mol. The fourth-order valence-corrected chi connectivity index (χ4v) is 4.49. The molecule has 0 spiro atoms. The van der Waals surface area contributed by atoms with Crippen LogP contribution in [0.2, 0.25) is 0 Å². The highest BCUT2D eigenvalue weighted by atomic mass is 19.3. The average Bonchev–Trinajstić information content (AvgIpc) is 3.56. The number of halogens is 2. The molecule has 1 N–H and O–H groups in total. The molecule has 0 bridgehead atoms. The Morgan fingerprint density at radius 1 is 0.735 bits per heavy atom. The quantitative estimate of drug-likeness (QED) is 0.384. The summed E-state index contributed by atoms with van der Waals surface area (Å²) >= 11 is 0. The SMILES string of the molecule is CC.CC.CC(C)CCN1CCN(CCC(O)CN2CCC(F)(F)C2)CC1.CCC1(CC)CC1. The molecule has 0 aromatic heterocycles. The summed E-state index contributed by atoms with van der Waals surface area (Å²) < 4.78 is 26.3. The van der Waals surface area contributed by atoms with Crippen molar-refractivity contribution in [3.63, 3.8) is 0 Å². The molecule has 1 atom stereocenters. The molecule has 3 aliphatic rings. The van der Waals surface area contributed by atoms with Gasteiger partial charge in [0.2, 0.25) is 0 Å². The lowest BCUT2D eigenvalue weighted by molar-refractivity contribution is 0.00635. The normalized spacial score (nSPS) is 22.6. The number of alkyl halides is 2. The Morgan fingerprint density at radius 3 is 1.53 bits per heavy atom. The Labute approximate surface area is 211 Å². The van der Waals surface area contributed by atoms with Crippen LogP contribution < -0.4 is 0 Å². The van der Waals surface area contributed by atoms with E-state index in [0.717, 1.165) is 44.1 Å². The molecule has 1 aliphatic carbocycles. The number of aliphatic hydroxyl groups is 1. The summed E-state index contributed by atoms with van der Waals surface area (Å²) in [6, 6.07) is 0. The Kier molecular flexibility index (Phi) is 17.9. The van der Waals surface area contributed by atoms with Gasteiger partial charge in [-0.15, -0.1) is 0 Å². The van der Waals surface area contributed by atoms with Crippen LogP contribution in [-0.2, 0) is 0 Å². The number of hydrogen-bond donors (Lipinski definition) is 1. The van der Waals surface area contributed by atoms with Crippen LogP contribution in [0.1, 0.15) is 100 Å². The van der Waals surface area contributed by atoms with Crippen LogP contribution in [0.5, 0.6) is 0 Å². The van der Waals surface area contributed by atoms with Crippen LogP contribution in [0.3, 0.4) is 0 Å². The minimum Gasteiger partial charge on any atom is -0.392 e. The smallest absolute Gasteiger partial charge is 0.261 e. The minimum atomic E-state index is -2.56. The fraction of sp³-hybridized carbons (Fsp3) is 1.00. The van der Waals surface area contributed by atoms with E-state index < -0.39 is 12.0 Å². The van der Waals surface area contributed by atoms with Crippen molar-refractivity contribution in [3.8, 4) is 0 Å². The largest absolute Gasteiger partial charge is 0.392 e. The molecule has 0 aromatic rings. The summed E-state index contributed by atoms with van der Waals surface area (Å²) in [5.74, 6) is -1.81. The highest BCUT2D eigenvalue weighted by molar-refractivity contribution is 4.89. The highest BCUT2D eigenvalue weighted by Gasteiger charge is 2.39. The summed E-state index contributed by atoms with van der Waals surface area (Å²) in [4.78, 5) is 6.58. The predicted octanol–water partition coefficient (Wildman–Crippen LogP) is 6.38. The van der Waals surface area contributed by atoms with Crippen molar-refractivity contribution in [1.29, 1.82) is 0 Å². The molecule has 0 aromatic carbocycles. The van der Waals surface area contributed by atoms with Gasteiger partial charge in [0.1, 0.15) is 0 Å². The standard InChI is InChI=1S/C17H33F2N3O.C7H14.2C2H6/c1-15(2)3-6-20-9-11-21(12-10-20)7-4-16(23)13-22-8-5-17(18,19)14-22;1-3-7(4-2)5-6-7;2*1-2/h15-16,23H,3-14H2,1-2H3;3-6H2,1-2H3;2*1-2H3. The molecule has 0 radical (unpaired) electrons. The van der Waals surface area contributed by atoms with Gasteiger partial charge in [0.05, 0.1) is 12.6 Å². The van der Waals surface area contributed by atoms with Gasteiger partial charge in [-0.3, -0.25) is 4.90 Å². The molecule has 3 rings (SSSR count). The van der Waals surface area contributed by atoms with E-state index in [9.17, 15) is 13.9 Å². The molecule has 2 heterocycles. The Hall–Kier alpha value is -0.300. The molecule has 34 heavy (non-hydrogen) atoms. The van der Waals surface area contributed by atoms with Gasteiger partial charge in [0, 0.05) is 52.2 Å². The number of piperazine rings is 1. The lowest BCUT2D eigenvalue weighted by Crippen LogP contribution is -2.47. The maximum atomic E-state index is 13.1. The van der Waals surface area contributed by atoms with Crippen molar-refractivity contribution in [2.75, 3.05) is 58.9 Å². The first kappa shape index (κ1) is 33.7. The zero-order chi connectivity index (χ0) is 26.2. The fourth-order valence-electron chi connectivity index (χ4n) is 4.49. The van der Waals surface area contributed by atoms with Gasteiger partial charge in [-0.2, -0.15) is 0 Å². The van der Waals surface area contributed by atoms with Crippen LogP contribution in [0.4, 0.5) is 8.78 Å². The Bertz CT molecular complexity index is 472. The van der Waals surface area contributed by atoms with Crippen molar-refractivity contribution < 1.29 is 13.9 Å². The molecule has 0 amide bonds. The number of aliphatic hydroxyl groups excluding tert-OH is 1. The predicted molar refractivity (Wildman–Crippen MR) is 144 cm³/mol. The molecule has 6 heteroatoms. The second-order valence-corrected chi connectivity index (χ2v) is 10.4. The summed E-state index contributed by atoms with van der Waals surface area (Å²) in [6.45, 7) is 24.0. The molecular weight excluding hydrogens is 432 g/mol. The first-order chi connectivity index (χ1) is 16.2. The van der Waals surface area contributed by atoms with E-state index in [-0.39, 0.29) is 13.0 Å². The van der Waals surface area contributed by atoms with E-state index >= 15 is 0 Å². The van der Waals surface area contributed by atoms with Gasteiger partial charge < -0.3 is 14.9 Å². The summed E-state index contributed by atoms with van der Waals surface area (Å²) in [5, 5.41) is 10.1. The third-order valence-corrected chi connectivity index (χ3v) is 7.44. The topological polar surface area (TPSA) is 30.0 Å². The number of hydrogen-bond acceptors (Lipinski definition) is 4. The van der Waals surface area contributed by atoms with Gasteiger partial charge >= 0.3 is 0 Å². The van der Waals surface area contributed by atoms with Crippen LogP contribution in [0.25, 0.3) is 0 Å². The van der Waals surface area contributed by atoms with Gasteiger partial charge in [0.25, 0.3) is 5.92 Å². The number of nitrogens with zero attached hydrogens (tertiary/aromatic N) is 3. The maximum absolute atomic E-state index is 13.1. The third kappa shape index (κ3) is 14.3. The molecule has 2 saturated heterocycles. The highest BCUT2D eigenvalue weighted by Crippen LogP contribution is 2.51. The van der Waals surface area contributed by atoms with Crippen LogP contribution in [-0.4, -0.2) is 90.7 Å². The maximum Gasteiger partial charge on any atom is 0.261 e. The van der Waals surface area contributed by atoms with Gasteiger partial charge in [0.15, 0.2) is 0 Å². The summed E-state index contributed by atoms with van der Waals surface area (Å²) in [7, 11) is 0. The van der Waals surface area contributed by atoms with Crippen molar-refractivity contribution in [3.05, 3.63) is 0 Å². The van der Waals surface area contributed by atoms with Crippen molar-refractivity contribution >= 4 is 0 Å². The van der Waals surface area contributed by atoms with E-state index in [4.69, 9.17) is 0 Å². The third-order valence-electron chi connectivity index (χ3n) is 7.44. The van der Waals surface area contributed by atoms with Crippen molar-refractivity contribution in [1.82, 2.24) is 14.7 Å². The van der Waals surface area contributed by atoms with Crippen LogP contribution in [0.15, 0.2) is 0 Å². The van der Waals surface area contributed by atoms with E-state index in [1.165, 1.54) is 38.6 Å². The Morgan fingerprint density at radius 2 is 1.21 bits per heavy atom. The molecule has 2 aliphatic heterocycles. The van der Waals surface area contributed by atoms with E-state index in [1.807, 2.05) is 27.7 Å². The lowest BCUT2D eigenvalue weighted by atomic mass is 10.0. The van der Waals surface area contributed by atoms with Crippen LogP contribution >= 0.6 is 0 Å². The number of likely N-dealkylation sites (tertiary alicyclic amines) is 1. The van der Waals surface area contributed by atoms with Gasteiger partial charge in [-0.1, -0.05) is 68.2 Å². The molecular formula is C28H59F2N3O. The van der Waals surface area contributed by atoms with Gasteiger partial charge in [-0.05, 0) is 43.6 Å². The first-order valence-corrected chi connectivity index (χ1v) is 14.4. The molecule has 1 unspecified atom stereocenters. The number of β-amino-alcohol motifs (C(OH)–C–C–N with tert-alkyl or cyclic N) is 1. The zero-order valence-corrected chi connectivity index (χ0v) is 24.0. The second-order valence-electron chi connectivity index (χ2n) is 10.4. The van der Waals surface area contributed by atoms with Crippen molar-refractivity contribution in [2.24, 2.45) is 11.3 Å². The van der Waals surface area contributed by atoms with E-state index in [0.29, 0.717) is 19.5 Å². The average molecular weight is 492 g/mol. The summed E-state index contributed by atoms with van der Waals surface area (Å²) in [6.07, 6.45) is 7.17. The lowest BCUT2D eigenvalue weighted by Gasteiger charge is -2.35. The first-order valence-electron chi connectivity index (χ1n) is 14.4. The summed E-state index contributed by atoms with van der Waals surface area (Å²) in [5.41, 5.74) is 0.833. The Balaban J connectivity index is 0.000000826. The molecule has 4 nitrogen and oxygen atoms in total. The zero-order valence-electron chi connectivity index (χ0n) is 24.0.